The van der Waals surface area contributed by atoms with E-state index < -0.39 is 12.0 Å². The first-order valence-corrected chi connectivity index (χ1v) is 4.18. The van der Waals surface area contributed by atoms with Crippen molar-refractivity contribution in [1.82, 2.24) is 5.32 Å². The molecule has 1 aromatic rings. The maximum atomic E-state index is 10.7. The molecule has 0 aromatic heterocycles. The third kappa shape index (κ3) is 2.44. The lowest BCUT2D eigenvalue weighted by molar-refractivity contribution is -0.139. The number of hydrogen-bond acceptors (Lipinski definition) is 2. The molecule has 70 valence electrons. The van der Waals surface area contributed by atoms with Crippen LogP contribution < -0.4 is 5.32 Å². The molecular formula is C9H10ClNO2. The molecule has 1 rings (SSSR count). The quantitative estimate of drug-likeness (QED) is 0.779. The van der Waals surface area contributed by atoms with Crippen molar-refractivity contribution >= 4 is 17.6 Å². The van der Waals surface area contributed by atoms with E-state index in [-0.39, 0.29) is 0 Å². The molecule has 0 spiro atoms. The molecule has 3 nitrogen and oxygen atoms in total. The predicted octanol–water partition coefficient (Wildman–Crippen LogP) is 1.69. The number of carboxylic acid groups (broad SMARTS) is 1. The number of nitrogens with one attached hydrogen (secondary N) is 1. The molecule has 2 N–H and O–H groups in total. The Morgan fingerprint density at radius 1 is 1.62 bits per heavy atom. The minimum atomic E-state index is -0.912. The molecule has 0 fully saturated rings. The van der Waals surface area contributed by atoms with Crippen LogP contribution in [0.2, 0.25) is 5.02 Å². The highest BCUT2D eigenvalue weighted by atomic mass is 35.5. The van der Waals surface area contributed by atoms with E-state index >= 15 is 0 Å². The monoisotopic (exact) mass is 199 g/mol. The van der Waals surface area contributed by atoms with Crippen LogP contribution in [0.4, 0.5) is 0 Å². The normalized spacial score (nSPS) is 12.5. The number of benzene rings is 1. The van der Waals surface area contributed by atoms with E-state index in [1.54, 1.807) is 31.3 Å². The first-order chi connectivity index (χ1) is 6.15. The molecule has 0 heterocycles. The van der Waals surface area contributed by atoms with Crippen molar-refractivity contribution < 1.29 is 9.90 Å². The van der Waals surface area contributed by atoms with Gasteiger partial charge in [-0.1, -0.05) is 23.7 Å². The summed E-state index contributed by atoms with van der Waals surface area (Å²) < 4.78 is 0. The number of carbonyl (C=O) groups is 1. The summed E-state index contributed by atoms with van der Waals surface area (Å²) in [7, 11) is 1.60. The molecule has 13 heavy (non-hydrogen) atoms. The molecule has 1 aromatic carbocycles. The van der Waals surface area contributed by atoms with Gasteiger partial charge in [0.1, 0.15) is 6.04 Å². The fraction of sp³-hybridized carbons (Fsp3) is 0.222. The van der Waals surface area contributed by atoms with Gasteiger partial charge in [0.2, 0.25) is 0 Å². The molecule has 0 amide bonds. The minimum absolute atomic E-state index is 0.541. The Morgan fingerprint density at radius 3 is 2.77 bits per heavy atom. The van der Waals surface area contributed by atoms with Crippen LogP contribution in [0.15, 0.2) is 24.3 Å². The van der Waals surface area contributed by atoms with E-state index in [2.05, 4.69) is 5.32 Å². The maximum Gasteiger partial charge on any atom is 0.325 e. The Morgan fingerprint density at radius 2 is 2.31 bits per heavy atom. The zero-order chi connectivity index (χ0) is 9.84. The summed E-state index contributed by atoms with van der Waals surface area (Å²) in [6.45, 7) is 0. The molecule has 0 saturated heterocycles. The van der Waals surface area contributed by atoms with Gasteiger partial charge in [0.15, 0.2) is 0 Å². The second-order valence-corrected chi connectivity index (χ2v) is 3.05. The lowest BCUT2D eigenvalue weighted by Crippen LogP contribution is -2.24. The van der Waals surface area contributed by atoms with Gasteiger partial charge in [0.25, 0.3) is 0 Å². The summed E-state index contributed by atoms with van der Waals surface area (Å²) in [5, 5.41) is 12.0. The highest BCUT2D eigenvalue weighted by Crippen LogP contribution is 2.17. The lowest BCUT2D eigenvalue weighted by atomic mass is 10.1. The van der Waals surface area contributed by atoms with Crippen LogP contribution in [0.3, 0.4) is 0 Å². The molecular weight excluding hydrogens is 190 g/mol. The van der Waals surface area contributed by atoms with E-state index in [1.165, 1.54) is 0 Å². The number of halogens is 1. The van der Waals surface area contributed by atoms with Gasteiger partial charge in [-0.25, -0.2) is 0 Å². The first kappa shape index (κ1) is 10.0. The number of rotatable bonds is 3. The average molecular weight is 200 g/mol. The number of carboxylic acids is 1. The predicted molar refractivity (Wildman–Crippen MR) is 50.9 cm³/mol. The summed E-state index contributed by atoms with van der Waals surface area (Å²) in [5.74, 6) is -0.912. The molecule has 1 atom stereocenters. The smallest absolute Gasteiger partial charge is 0.325 e. The van der Waals surface area contributed by atoms with Crippen molar-refractivity contribution in [2.75, 3.05) is 7.05 Å². The molecule has 0 aliphatic rings. The third-order valence-electron chi connectivity index (χ3n) is 1.72. The highest BCUT2D eigenvalue weighted by Gasteiger charge is 2.16. The van der Waals surface area contributed by atoms with E-state index in [9.17, 15) is 4.79 Å². The Hall–Kier alpha value is -1.06. The summed E-state index contributed by atoms with van der Waals surface area (Å²) in [5.41, 5.74) is 0.655. The lowest BCUT2D eigenvalue weighted by Gasteiger charge is -2.11. The molecule has 0 bridgehead atoms. The summed E-state index contributed by atoms with van der Waals surface area (Å²) in [6, 6.07) is 6.10. The van der Waals surface area contributed by atoms with Crippen LogP contribution in [0.25, 0.3) is 0 Å². The number of hydrogen-bond donors (Lipinski definition) is 2. The van der Waals surface area contributed by atoms with Crippen LogP contribution in [0.5, 0.6) is 0 Å². The summed E-state index contributed by atoms with van der Waals surface area (Å²) in [6.07, 6.45) is 0. The van der Waals surface area contributed by atoms with Gasteiger partial charge in [-0.15, -0.1) is 0 Å². The number of aliphatic carboxylic acids is 1. The van der Waals surface area contributed by atoms with E-state index in [1.807, 2.05) is 0 Å². The molecule has 0 saturated carbocycles. The van der Waals surface area contributed by atoms with Crippen molar-refractivity contribution in [2.45, 2.75) is 6.04 Å². The fourth-order valence-corrected chi connectivity index (χ4v) is 1.32. The Bertz CT molecular complexity index is 314. The fourth-order valence-electron chi connectivity index (χ4n) is 1.12. The average Bonchev–Trinajstić information content (AvgIpc) is 2.04. The van der Waals surface area contributed by atoms with Gasteiger partial charge in [-0.2, -0.15) is 0 Å². The van der Waals surface area contributed by atoms with Crippen molar-refractivity contribution in [2.24, 2.45) is 0 Å². The van der Waals surface area contributed by atoms with Gasteiger partial charge < -0.3 is 10.4 Å². The SMILES string of the molecule is CN[C@@H](C(=O)O)c1cccc(Cl)c1. The van der Waals surface area contributed by atoms with Gasteiger partial charge >= 0.3 is 5.97 Å². The van der Waals surface area contributed by atoms with Crippen molar-refractivity contribution in [3.05, 3.63) is 34.9 Å². The largest absolute Gasteiger partial charge is 0.480 e. The topological polar surface area (TPSA) is 49.3 Å². The Kier molecular flexibility index (Phi) is 3.28. The van der Waals surface area contributed by atoms with Gasteiger partial charge in [-0.3, -0.25) is 4.79 Å². The van der Waals surface area contributed by atoms with Gasteiger partial charge in [0.05, 0.1) is 0 Å². The van der Waals surface area contributed by atoms with E-state index in [0.717, 1.165) is 0 Å². The minimum Gasteiger partial charge on any atom is -0.480 e. The van der Waals surface area contributed by atoms with Crippen molar-refractivity contribution in [3.63, 3.8) is 0 Å². The van der Waals surface area contributed by atoms with Crippen LogP contribution in [0.1, 0.15) is 11.6 Å². The molecule has 0 aliphatic carbocycles. The second kappa shape index (κ2) is 4.25. The van der Waals surface area contributed by atoms with Gasteiger partial charge in [-0.05, 0) is 24.7 Å². The zero-order valence-electron chi connectivity index (χ0n) is 7.12. The van der Waals surface area contributed by atoms with E-state index in [4.69, 9.17) is 16.7 Å². The van der Waals surface area contributed by atoms with Crippen molar-refractivity contribution in [3.8, 4) is 0 Å². The number of likely N-dealkylation sites (N-methyl/N-ethyl adjacent to an activating group) is 1. The zero-order valence-corrected chi connectivity index (χ0v) is 7.88. The Balaban J connectivity index is 2.98. The maximum absolute atomic E-state index is 10.7. The highest BCUT2D eigenvalue weighted by molar-refractivity contribution is 6.30. The summed E-state index contributed by atoms with van der Waals surface area (Å²) in [4.78, 5) is 10.7. The molecule has 0 unspecified atom stereocenters. The standard InChI is InChI=1S/C9H10ClNO2/c1-11-8(9(12)13)6-3-2-4-7(10)5-6/h2-5,8,11H,1H3,(H,12,13)/t8-/m1/s1. The van der Waals surface area contributed by atoms with Crippen LogP contribution in [-0.2, 0) is 4.79 Å². The molecule has 4 heteroatoms. The summed E-state index contributed by atoms with van der Waals surface area (Å²) >= 11 is 5.73. The first-order valence-electron chi connectivity index (χ1n) is 3.80. The molecule has 0 radical (unpaired) electrons. The molecule has 0 aliphatic heterocycles. The second-order valence-electron chi connectivity index (χ2n) is 2.61. The van der Waals surface area contributed by atoms with E-state index in [0.29, 0.717) is 10.6 Å². The van der Waals surface area contributed by atoms with Gasteiger partial charge in [0, 0.05) is 5.02 Å². The third-order valence-corrected chi connectivity index (χ3v) is 1.95. The Labute approximate surface area is 81.3 Å². The van der Waals surface area contributed by atoms with Crippen LogP contribution >= 0.6 is 11.6 Å². The van der Waals surface area contributed by atoms with Crippen LogP contribution in [0, 0.1) is 0 Å². The van der Waals surface area contributed by atoms with Crippen molar-refractivity contribution in [1.29, 1.82) is 0 Å². The van der Waals surface area contributed by atoms with Crippen LogP contribution in [-0.4, -0.2) is 18.1 Å².